The van der Waals surface area contributed by atoms with Gasteiger partial charge in [0.15, 0.2) is 6.17 Å². The zero-order valence-corrected chi connectivity index (χ0v) is 18.9. The highest BCUT2D eigenvalue weighted by atomic mass is 19.1. The second-order valence-corrected chi connectivity index (χ2v) is 8.49. The average Bonchev–Trinajstić information content (AvgIpc) is 2.93. The Kier molecular flexibility index (Phi) is 5.39. The molecule has 0 amide bonds. The summed E-state index contributed by atoms with van der Waals surface area (Å²) in [4.78, 5) is 9.75. The molecule has 1 aliphatic heterocycles. The molecule has 1 N–H and O–H groups in total. The van der Waals surface area contributed by atoms with E-state index in [-0.39, 0.29) is 5.82 Å². The van der Waals surface area contributed by atoms with Crippen LogP contribution in [0.25, 0.3) is 21.9 Å². The van der Waals surface area contributed by atoms with Gasteiger partial charge in [-0.2, -0.15) is 0 Å². The Bertz CT molecular complexity index is 1570. The van der Waals surface area contributed by atoms with Crippen LogP contribution in [-0.2, 0) is 0 Å². The van der Waals surface area contributed by atoms with Crippen LogP contribution in [0.5, 0.6) is 0 Å². The van der Waals surface area contributed by atoms with E-state index in [9.17, 15) is 4.39 Å². The maximum absolute atomic E-state index is 15.0. The fraction of sp³-hybridized carbons (Fsp3) is 0.0323. The van der Waals surface area contributed by atoms with Crippen molar-refractivity contribution in [1.82, 2.24) is 5.32 Å². The summed E-state index contributed by atoms with van der Waals surface area (Å²) < 4.78 is 15.0. The van der Waals surface area contributed by atoms with E-state index in [1.54, 1.807) is 6.07 Å². The molecule has 0 spiro atoms. The first-order chi connectivity index (χ1) is 17.2. The second-order valence-electron chi connectivity index (χ2n) is 8.49. The van der Waals surface area contributed by atoms with Crippen molar-refractivity contribution >= 4 is 22.4 Å². The van der Waals surface area contributed by atoms with Gasteiger partial charge in [0, 0.05) is 11.1 Å². The molecule has 1 atom stereocenters. The van der Waals surface area contributed by atoms with Crippen LogP contribution in [0.3, 0.4) is 0 Å². The van der Waals surface area contributed by atoms with Crippen molar-refractivity contribution in [2.24, 2.45) is 9.98 Å². The smallest absolute Gasteiger partial charge is 0.169 e. The van der Waals surface area contributed by atoms with Gasteiger partial charge in [0.05, 0.1) is 0 Å². The molecule has 5 aromatic carbocycles. The molecule has 4 heteroatoms. The zero-order valence-electron chi connectivity index (χ0n) is 18.9. The van der Waals surface area contributed by atoms with E-state index in [2.05, 4.69) is 23.5 Å². The Morgan fingerprint density at radius 3 is 2.00 bits per heavy atom. The van der Waals surface area contributed by atoms with Crippen molar-refractivity contribution in [3.8, 4) is 11.1 Å². The summed E-state index contributed by atoms with van der Waals surface area (Å²) in [7, 11) is 0. The molecule has 0 bridgehead atoms. The molecule has 0 radical (unpaired) electrons. The second kappa shape index (κ2) is 8.99. The molecular weight excluding hydrogens is 433 g/mol. The predicted octanol–water partition coefficient (Wildman–Crippen LogP) is 7.14. The summed E-state index contributed by atoms with van der Waals surface area (Å²) in [5, 5.41) is 5.56. The van der Waals surface area contributed by atoms with E-state index in [0.717, 1.165) is 33.0 Å². The number of fused-ring (bicyclic) bond motifs is 1. The molecule has 168 valence electrons. The van der Waals surface area contributed by atoms with Gasteiger partial charge in [-0.25, -0.2) is 14.4 Å². The van der Waals surface area contributed by atoms with E-state index in [1.165, 1.54) is 6.07 Å². The summed E-state index contributed by atoms with van der Waals surface area (Å²) >= 11 is 0. The third-order valence-corrected chi connectivity index (χ3v) is 6.16. The zero-order chi connectivity index (χ0) is 23.6. The molecule has 0 saturated carbocycles. The summed E-state index contributed by atoms with van der Waals surface area (Å²) in [6.07, 6.45) is -0.424. The molecule has 6 rings (SSSR count). The fourth-order valence-electron chi connectivity index (χ4n) is 4.47. The highest BCUT2D eigenvalue weighted by Gasteiger charge is 2.21. The minimum Gasteiger partial charge on any atom is -0.324 e. The Morgan fingerprint density at radius 1 is 0.571 bits per heavy atom. The van der Waals surface area contributed by atoms with Crippen molar-refractivity contribution in [3.63, 3.8) is 0 Å². The number of nitrogens with zero attached hydrogens (tertiary/aromatic N) is 2. The number of aliphatic imine (C=N–C) groups is 2. The lowest BCUT2D eigenvalue weighted by Crippen LogP contribution is -2.36. The molecule has 35 heavy (non-hydrogen) atoms. The van der Waals surface area contributed by atoms with E-state index in [1.807, 2.05) is 91.0 Å². The van der Waals surface area contributed by atoms with Crippen LogP contribution in [-0.4, -0.2) is 11.7 Å². The minimum absolute atomic E-state index is 0.310. The molecule has 1 heterocycles. The fourth-order valence-corrected chi connectivity index (χ4v) is 4.47. The average molecular weight is 456 g/mol. The third-order valence-electron chi connectivity index (χ3n) is 6.16. The van der Waals surface area contributed by atoms with E-state index >= 15 is 0 Å². The molecule has 1 unspecified atom stereocenters. The first kappa shape index (κ1) is 21.0. The largest absolute Gasteiger partial charge is 0.324 e. The number of hydrogen-bond donors (Lipinski definition) is 1. The van der Waals surface area contributed by atoms with Crippen molar-refractivity contribution in [1.29, 1.82) is 0 Å². The third kappa shape index (κ3) is 4.22. The van der Waals surface area contributed by atoms with E-state index in [0.29, 0.717) is 17.2 Å². The van der Waals surface area contributed by atoms with Gasteiger partial charge >= 0.3 is 0 Å². The van der Waals surface area contributed by atoms with Crippen molar-refractivity contribution < 1.29 is 4.39 Å². The lowest BCUT2D eigenvalue weighted by atomic mass is 9.96. The molecule has 0 aromatic heterocycles. The van der Waals surface area contributed by atoms with E-state index < -0.39 is 6.17 Å². The van der Waals surface area contributed by atoms with Gasteiger partial charge < -0.3 is 5.32 Å². The number of nitrogens with one attached hydrogen (secondary N) is 1. The molecule has 0 aliphatic carbocycles. The van der Waals surface area contributed by atoms with Crippen LogP contribution >= 0.6 is 0 Å². The molecular formula is C31H22FN3. The van der Waals surface area contributed by atoms with Crippen LogP contribution < -0.4 is 5.32 Å². The van der Waals surface area contributed by atoms with Gasteiger partial charge in [-0.3, -0.25) is 0 Å². The first-order valence-corrected chi connectivity index (χ1v) is 11.6. The molecule has 1 aliphatic rings. The predicted molar refractivity (Wildman–Crippen MR) is 141 cm³/mol. The highest BCUT2D eigenvalue weighted by Crippen LogP contribution is 2.31. The monoisotopic (exact) mass is 455 g/mol. The van der Waals surface area contributed by atoms with Crippen molar-refractivity contribution in [2.75, 3.05) is 0 Å². The van der Waals surface area contributed by atoms with Gasteiger partial charge in [-0.1, -0.05) is 103 Å². The summed E-state index contributed by atoms with van der Waals surface area (Å²) in [6, 6.07) is 39.2. The van der Waals surface area contributed by atoms with E-state index in [4.69, 9.17) is 9.98 Å². The van der Waals surface area contributed by atoms with Crippen LogP contribution in [0, 0.1) is 5.82 Å². The van der Waals surface area contributed by atoms with Gasteiger partial charge in [0.2, 0.25) is 0 Å². The van der Waals surface area contributed by atoms with Crippen LogP contribution in [0.15, 0.2) is 131 Å². The van der Waals surface area contributed by atoms with Gasteiger partial charge in [-0.05, 0) is 45.7 Å². The highest BCUT2D eigenvalue weighted by molar-refractivity contribution is 6.16. The molecule has 5 aromatic rings. The lowest BCUT2D eigenvalue weighted by molar-refractivity contribution is 0.628. The Hall–Kier alpha value is -4.57. The topological polar surface area (TPSA) is 36.8 Å². The Balaban J connectivity index is 1.47. The summed E-state index contributed by atoms with van der Waals surface area (Å²) in [6.45, 7) is 0. The van der Waals surface area contributed by atoms with Gasteiger partial charge in [0.1, 0.15) is 17.5 Å². The summed E-state index contributed by atoms with van der Waals surface area (Å²) in [5.41, 5.74) is 4.40. The van der Waals surface area contributed by atoms with Crippen molar-refractivity contribution in [3.05, 3.63) is 144 Å². The first-order valence-electron chi connectivity index (χ1n) is 11.6. The van der Waals surface area contributed by atoms with Crippen LogP contribution in [0.2, 0.25) is 0 Å². The Labute approximate surface area is 203 Å². The quantitative estimate of drug-likeness (QED) is 0.307. The Morgan fingerprint density at radius 2 is 1.20 bits per heavy atom. The lowest BCUT2D eigenvalue weighted by Gasteiger charge is -2.22. The van der Waals surface area contributed by atoms with Crippen LogP contribution in [0.1, 0.15) is 22.9 Å². The number of halogens is 1. The normalized spacial score (nSPS) is 15.3. The number of benzene rings is 5. The van der Waals surface area contributed by atoms with Crippen LogP contribution in [0.4, 0.5) is 4.39 Å². The standard InChI is InChI=1S/C31H22FN3/c32-26-19-24(28-17-9-15-21-10-7-8-16-27(21)28)18-25(20-26)31-34-29(22-11-3-1-4-12-22)33-30(35-31)23-13-5-2-6-14-23/h1-20,29H,(H,33,34,35). The SMILES string of the molecule is Fc1cc(C2=NC(c3ccccc3)N=C(c3ccccc3)N2)cc(-c2cccc3ccccc23)c1. The minimum atomic E-state index is -0.424. The maximum Gasteiger partial charge on any atom is 0.169 e. The number of amidine groups is 2. The van der Waals surface area contributed by atoms with Crippen molar-refractivity contribution in [2.45, 2.75) is 6.17 Å². The number of hydrogen-bond acceptors (Lipinski definition) is 3. The van der Waals surface area contributed by atoms with Gasteiger partial charge in [0.25, 0.3) is 0 Å². The maximum atomic E-state index is 15.0. The van der Waals surface area contributed by atoms with Gasteiger partial charge in [-0.15, -0.1) is 0 Å². The summed E-state index contributed by atoms with van der Waals surface area (Å²) in [5.74, 6) is 0.990. The molecule has 0 saturated heterocycles. The molecule has 0 fully saturated rings. The molecule has 3 nitrogen and oxygen atoms in total. The number of rotatable bonds is 4.